The van der Waals surface area contributed by atoms with Gasteiger partial charge in [-0.3, -0.25) is 10.1 Å². The van der Waals surface area contributed by atoms with Gasteiger partial charge in [0.2, 0.25) is 0 Å². The first-order valence-corrected chi connectivity index (χ1v) is 6.12. The summed E-state index contributed by atoms with van der Waals surface area (Å²) in [6.45, 7) is 0.566. The van der Waals surface area contributed by atoms with E-state index < -0.39 is 4.92 Å². The summed E-state index contributed by atoms with van der Waals surface area (Å²) in [5, 5.41) is 18.4. The first-order valence-electron chi connectivity index (χ1n) is 6.12. The van der Waals surface area contributed by atoms with Crippen molar-refractivity contribution in [3.05, 3.63) is 46.5 Å². The fourth-order valence-corrected chi connectivity index (χ4v) is 1.91. The predicted molar refractivity (Wildman–Crippen MR) is 67.9 cm³/mol. The maximum absolute atomic E-state index is 11.0. The predicted octanol–water partition coefficient (Wildman–Crippen LogP) is 1.43. The van der Waals surface area contributed by atoms with Gasteiger partial charge >= 0.3 is 0 Å². The van der Waals surface area contributed by atoms with Crippen molar-refractivity contribution < 1.29 is 4.92 Å². The van der Waals surface area contributed by atoms with Crippen molar-refractivity contribution in [3.63, 3.8) is 0 Å². The second-order valence-electron chi connectivity index (χ2n) is 4.49. The first kappa shape index (κ1) is 11.8. The van der Waals surface area contributed by atoms with E-state index in [1.54, 1.807) is 18.2 Å². The van der Waals surface area contributed by atoms with E-state index in [4.69, 9.17) is 0 Å². The molecular formula is C12H13N5O2. The summed E-state index contributed by atoms with van der Waals surface area (Å²) in [7, 11) is 0. The maximum atomic E-state index is 11.0. The molecule has 1 aromatic carbocycles. The van der Waals surface area contributed by atoms with Crippen molar-refractivity contribution in [2.24, 2.45) is 0 Å². The number of nitro benzene ring substituents is 1. The molecule has 1 fully saturated rings. The number of hydrogen-bond acceptors (Lipinski definition) is 5. The number of hydrogen-bond donors (Lipinski definition) is 1. The summed E-state index contributed by atoms with van der Waals surface area (Å²) in [5.41, 5.74) is 0.471. The van der Waals surface area contributed by atoms with Gasteiger partial charge in [-0.1, -0.05) is 12.1 Å². The second-order valence-corrected chi connectivity index (χ2v) is 4.49. The summed E-state index contributed by atoms with van der Waals surface area (Å²) in [6, 6.07) is 7.08. The van der Waals surface area contributed by atoms with E-state index in [0.717, 1.165) is 0 Å². The second kappa shape index (κ2) is 4.77. The van der Waals surface area contributed by atoms with Gasteiger partial charge in [0.05, 0.1) is 11.5 Å². The summed E-state index contributed by atoms with van der Waals surface area (Å²) in [5.74, 6) is 0.682. The Labute approximate surface area is 109 Å². The summed E-state index contributed by atoms with van der Waals surface area (Å²) in [6.07, 6.45) is 3.78. The third-order valence-electron chi connectivity index (χ3n) is 3.05. The molecule has 0 bridgehead atoms. The summed E-state index contributed by atoms with van der Waals surface area (Å²) < 4.78 is 1.52. The monoisotopic (exact) mass is 259 g/mol. The van der Waals surface area contributed by atoms with Crippen molar-refractivity contribution >= 4 is 5.69 Å². The van der Waals surface area contributed by atoms with Crippen LogP contribution in [0.3, 0.4) is 0 Å². The van der Waals surface area contributed by atoms with Crippen LogP contribution >= 0.6 is 0 Å². The van der Waals surface area contributed by atoms with Gasteiger partial charge < -0.3 is 5.32 Å². The topological polar surface area (TPSA) is 85.9 Å². The Kier molecular flexibility index (Phi) is 2.96. The highest BCUT2D eigenvalue weighted by Gasteiger charge is 2.22. The molecule has 0 radical (unpaired) electrons. The molecule has 0 atom stereocenters. The van der Waals surface area contributed by atoms with Crippen LogP contribution in [-0.4, -0.2) is 25.7 Å². The number of nitro groups is 1. The number of aromatic nitrogens is 3. The highest BCUT2D eigenvalue weighted by Crippen LogP contribution is 2.23. The van der Waals surface area contributed by atoms with Crippen LogP contribution in [0, 0.1) is 10.1 Å². The van der Waals surface area contributed by atoms with E-state index in [1.165, 1.54) is 29.9 Å². The number of nitrogens with one attached hydrogen (secondary N) is 1. The Morgan fingerprint density at radius 1 is 1.42 bits per heavy atom. The lowest BCUT2D eigenvalue weighted by atomic mass is 10.2. The third kappa shape index (κ3) is 2.45. The van der Waals surface area contributed by atoms with Gasteiger partial charge in [0.1, 0.15) is 17.8 Å². The van der Waals surface area contributed by atoms with Crippen LogP contribution in [0.5, 0.6) is 0 Å². The summed E-state index contributed by atoms with van der Waals surface area (Å²) >= 11 is 0. The molecule has 0 unspecified atom stereocenters. The molecule has 0 spiro atoms. The van der Waals surface area contributed by atoms with Crippen LogP contribution in [0.2, 0.25) is 0 Å². The molecule has 7 nitrogen and oxygen atoms in total. The lowest BCUT2D eigenvalue weighted by Crippen LogP contribution is -2.19. The Hall–Kier alpha value is -2.28. The van der Waals surface area contributed by atoms with Crippen molar-refractivity contribution in [2.75, 3.05) is 0 Å². The third-order valence-corrected chi connectivity index (χ3v) is 3.05. The van der Waals surface area contributed by atoms with Gasteiger partial charge in [-0.15, -0.1) is 0 Å². The molecular weight excluding hydrogens is 246 g/mol. The Morgan fingerprint density at radius 2 is 2.21 bits per heavy atom. The van der Waals surface area contributed by atoms with Crippen LogP contribution in [0.25, 0.3) is 5.69 Å². The van der Waals surface area contributed by atoms with Crippen LogP contribution in [-0.2, 0) is 6.54 Å². The Balaban J connectivity index is 1.92. The Bertz CT molecular complexity index is 606. The zero-order valence-electron chi connectivity index (χ0n) is 10.2. The van der Waals surface area contributed by atoms with E-state index in [1.807, 2.05) is 0 Å². The molecule has 1 aromatic heterocycles. The zero-order valence-corrected chi connectivity index (χ0v) is 10.2. The molecule has 0 aliphatic heterocycles. The van der Waals surface area contributed by atoms with Crippen LogP contribution in [0.1, 0.15) is 18.7 Å². The van der Waals surface area contributed by atoms with Gasteiger partial charge in [-0.05, 0) is 18.9 Å². The molecule has 1 aliphatic carbocycles. The molecule has 2 aromatic rings. The normalized spacial score (nSPS) is 14.5. The van der Waals surface area contributed by atoms with Gasteiger partial charge in [-0.25, -0.2) is 9.67 Å². The lowest BCUT2D eigenvalue weighted by Gasteiger charge is -2.07. The Morgan fingerprint density at radius 3 is 2.95 bits per heavy atom. The molecule has 1 saturated carbocycles. The maximum Gasteiger partial charge on any atom is 0.294 e. The highest BCUT2D eigenvalue weighted by atomic mass is 16.6. The SMILES string of the molecule is O=[N+]([O-])c1ccccc1-n1ncnc1CNC1CC1. The fraction of sp³-hybridized carbons (Fsp3) is 0.333. The molecule has 1 heterocycles. The van der Waals surface area contributed by atoms with Crippen LogP contribution < -0.4 is 5.32 Å². The van der Waals surface area contributed by atoms with Gasteiger partial charge in [0.15, 0.2) is 0 Å². The molecule has 0 saturated heterocycles. The molecule has 1 N–H and O–H groups in total. The minimum absolute atomic E-state index is 0.0284. The molecule has 7 heteroatoms. The van der Waals surface area contributed by atoms with Crippen molar-refractivity contribution in [1.82, 2.24) is 20.1 Å². The van der Waals surface area contributed by atoms with Crippen molar-refractivity contribution in [1.29, 1.82) is 0 Å². The van der Waals surface area contributed by atoms with Crippen LogP contribution in [0.4, 0.5) is 5.69 Å². The van der Waals surface area contributed by atoms with Gasteiger partial charge in [0.25, 0.3) is 5.69 Å². The smallest absolute Gasteiger partial charge is 0.294 e. The van der Waals surface area contributed by atoms with Gasteiger partial charge in [-0.2, -0.15) is 5.10 Å². The van der Waals surface area contributed by atoms with Crippen molar-refractivity contribution in [2.45, 2.75) is 25.4 Å². The minimum Gasteiger partial charge on any atom is -0.307 e. The quantitative estimate of drug-likeness (QED) is 0.648. The molecule has 1 aliphatic rings. The molecule has 98 valence electrons. The van der Waals surface area contributed by atoms with E-state index in [9.17, 15) is 10.1 Å². The zero-order chi connectivity index (χ0) is 13.2. The molecule has 0 amide bonds. The van der Waals surface area contributed by atoms with E-state index in [-0.39, 0.29) is 5.69 Å². The number of rotatable bonds is 5. The fourth-order valence-electron chi connectivity index (χ4n) is 1.91. The number of para-hydroxylation sites is 2. The number of benzene rings is 1. The van der Waals surface area contributed by atoms with E-state index in [2.05, 4.69) is 15.4 Å². The van der Waals surface area contributed by atoms with E-state index in [0.29, 0.717) is 24.1 Å². The van der Waals surface area contributed by atoms with Gasteiger partial charge in [0, 0.05) is 12.1 Å². The standard InChI is InChI=1S/C12H13N5O2/c18-17(19)11-4-2-1-3-10(11)16-12(14-8-15-16)7-13-9-5-6-9/h1-4,8-9,13H,5-7H2. The first-order chi connectivity index (χ1) is 9.25. The van der Waals surface area contributed by atoms with Crippen LogP contribution in [0.15, 0.2) is 30.6 Å². The minimum atomic E-state index is -0.408. The largest absolute Gasteiger partial charge is 0.307 e. The van der Waals surface area contributed by atoms with E-state index >= 15 is 0 Å². The molecule has 19 heavy (non-hydrogen) atoms. The highest BCUT2D eigenvalue weighted by molar-refractivity contribution is 5.51. The molecule has 3 rings (SSSR count). The van der Waals surface area contributed by atoms with Crippen molar-refractivity contribution in [3.8, 4) is 5.69 Å². The lowest BCUT2D eigenvalue weighted by molar-refractivity contribution is -0.384. The number of nitrogens with zero attached hydrogens (tertiary/aromatic N) is 4. The average molecular weight is 259 g/mol. The summed E-state index contributed by atoms with van der Waals surface area (Å²) in [4.78, 5) is 14.8. The average Bonchev–Trinajstić information content (AvgIpc) is 3.13.